The minimum absolute atomic E-state index is 0.591. The summed E-state index contributed by atoms with van der Waals surface area (Å²) >= 11 is 0. The fraction of sp³-hybridized carbons (Fsp3) is 1.00. The van der Waals surface area contributed by atoms with Crippen LogP contribution in [0.1, 0.15) is 59.8 Å². The molecule has 1 saturated carbocycles. The Bertz CT molecular complexity index is 149. The molecular weight excluding hydrogens is 158 g/mol. The molecule has 1 fully saturated rings. The van der Waals surface area contributed by atoms with Crippen LogP contribution in [-0.2, 0) is 0 Å². The molecule has 0 bridgehead atoms. The van der Waals surface area contributed by atoms with Crippen molar-refractivity contribution in [3.8, 4) is 0 Å². The molecule has 0 aromatic carbocycles. The third kappa shape index (κ3) is 4.12. The van der Waals surface area contributed by atoms with E-state index in [0.717, 1.165) is 6.04 Å². The van der Waals surface area contributed by atoms with Crippen LogP contribution in [-0.4, -0.2) is 12.1 Å². The molecule has 0 radical (unpaired) electrons. The van der Waals surface area contributed by atoms with Gasteiger partial charge in [-0.3, -0.25) is 0 Å². The van der Waals surface area contributed by atoms with Crippen LogP contribution in [0.15, 0.2) is 0 Å². The highest BCUT2D eigenvalue weighted by Gasteiger charge is 2.24. The zero-order valence-electron chi connectivity index (χ0n) is 9.69. The first-order valence-corrected chi connectivity index (χ1v) is 5.76. The third-order valence-electron chi connectivity index (χ3n) is 3.14. The smallest absolute Gasteiger partial charge is 0.00696 e. The molecule has 1 aliphatic rings. The van der Waals surface area contributed by atoms with Crippen molar-refractivity contribution in [1.29, 1.82) is 0 Å². The summed E-state index contributed by atoms with van der Waals surface area (Å²) in [6.07, 6.45) is 6.94. The van der Waals surface area contributed by atoms with Crippen molar-refractivity contribution in [2.24, 2.45) is 5.41 Å². The van der Waals surface area contributed by atoms with Gasteiger partial charge < -0.3 is 5.32 Å². The lowest BCUT2D eigenvalue weighted by Gasteiger charge is -2.22. The number of hydrogen-bond acceptors (Lipinski definition) is 1. The van der Waals surface area contributed by atoms with Gasteiger partial charge in [0, 0.05) is 12.1 Å². The standard InChI is InChI=1S/C12H25N/c1-10(2)13-11-6-5-8-12(3,4)9-7-11/h10-11,13H,5-9H2,1-4H3. The van der Waals surface area contributed by atoms with Gasteiger partial charge in [0.25, 0.3) is 0 Å². The maximum Gasteiger partial charge on any atom is 0.00696 e. The van der Waals surface area contributed by atoms with Crippen molar-refractivity contribution in [1.82, 2.24) is 5.32 Å². The normalized spacial score (nSPS) is 28.8. The van der Waals surface area contributed by atoms with Crippen LogP contribution in [0.3, 0.4) is 0 Å². The first kappa shape index (κ1) is 11.0. The van der Waals surface area contributed by atoms with E-state index in [2.05, 4.69) is 33.0 Å². The van der Waals surface area contributed by atoms with E-state index >= 15 is 0 Å². The molecule has 0 saturated heterocycles. The summed E-state index contributed by atoms with van der Waals surface area (Å²) in [4.78, 5) is 0. The first-order valence-electron chi connectivity index (χ1n) is 5.76. The van der Waals surface area contributed by atoms with Gasteiger partial charge in [0.15, 0.2) is 0 Å². The molecule has 1 unspecified atom stereocenters. The first-order chi connectivity index (χ1) is 5.99. The van der Waals surface area contributed by atoms with Crippen molar-refractivity contribution in [2.75, 3.05) is 0 Å². The minimum Gasteiger partial charge on any atom is -0.312 e. The topological polar surface area (TPSA) is 12.0 Å². The molecule has 1 aliphatic carbocycles. The summed E-state index contributed by atoms with van der Waals surface area (Å²) in [7, 11) is 0. The van der Waals surface area contributed by atoms with Crippen LogP contribution >= 0.6 is 0 Å². The second-order valence-electron chi connectivity index (χ2n) is 5.61. The Balaban J connectivity index is 2.36. The highest BCUT2D eigenvalue weighted by atomic mass is 14.9. The van der Waals surface area contributed by atoms with Gasteiger partial charge in [0.05, 0.1) is 0 Å². The fourth-order valence-corrected chi connectivity index (χ4v) is 2.30. The van der Waals surface area contributed by atoms with E-state index in [4.69, 9.17) is 0 Å². The van der Waals surface area contributed by atoms with Crippen molar-refractivity contribution >= 4 is 0 Å². The molecule has 0 heterocycles. The van der Waals surface area contributed by atoms with Crippen molar-refractivity contribution < 1.29 is 0 Å². The van der Waals surface area contributed by atoms with Crippen LogP contribution in [0.25, 0.3) is 0 Å². The lowest BCUT2D eigenvalue weighted by atomic mass is 9.85. The summed E-state index contributed by atoms with van der Waals surface area (Å²) in [5, 5.41) is 3.66. The summed E-state index contributed by atoms with van der Waals surface area (Å²) in [5.74, 6) is 0. The highest BCUT2D eigenvalue weighted by molar-refractivity contribution is 4.80. The molecule has 13 heavy (non-hydrogen) atoms. The largest absolute Gasteiger partial charge is 0.312 e. The van der Waals surface area contributed by atoms with Crippen LogP contribution in [0.5, 0.6) is 0 Å². The zero-order valence-corrected chi connectivity index (χ0v) is 9.69. The second kappa shape index (κ2) is 4.45. The van der Waals surface area contributed by atoms with E-state index in [9.17, 15) is 0 Å². The van der Waals surface area contributed by atoms with E-state index in [0.29, 0.717) is 11.5 Å². The van der Waals surface area contributed by atoms with E-state index in [1.54, 1.807) is 0 Å². The van der Waals surface area contributed by atoms with Crippen molar-refractivity contribution in [2.45, 2.75) is 71.9 Å². The maximum atomic E-state index is 3.66. The Hall–Kier alpha value is -0.0400. The Kier molecular flexibility index (Phi) is 3.78. The minimum atomic E-state index is 0.591. The van der Waals surface area contributed by atoms with Gasteiger partial charge in [-0.05, 0) is 31.1 Å². The second-order valence-corrected chi connectivity index (χ2v) is 5.61. The maximum absolute atomic E-state index is 3.66. The van der Waals surface area contributed by atoms with Crippen LogP contribution in [0, 0.1) is 5.41 Å². The average Bonchev–Trinajstić information content (AvgIpc) is 2.12. The molecule has 78 valence electrons. The van der Waals surface area contributed by atoms with E-state index in [-0.39, 0.29) is 0 Å². The summed E-state index contributed by atoms with van der Waals surface area (Å²) in [5.41, 5.74) is 0.591. The predicted molar refractivity (Wildman–Crippen MR) is 58.9 cm³/mol. The molecule has 0 aromatic rings. The van der Waals surface area contributed by atoms with Gasteiger partial charge in [0.1, 0.15) is 0 Å². The Labute approximate surface area is 83.3 Å². The highest BCUT2D eigenvalue weighted by Crippen LogP contribution is 2.33. The molecule has 1 heteroatoms. The summed E-state index contributed by atoms with van der Waals surface area (Å²) in [6.45, 7) is 9.31. The summed E-state index contributed by atoms with van der Waals surface area (Å²) < 4.78 is 0. The molecular formula is C12H25N. The zero-order chi connectivity index (χ0) is 9.90. The molecule has 1 N–H and O–H groups in total. The number of nitrogens with one attached hydrogen (secondary N) is 1. The van der Waals surface area contributed by atoms with Crippen LogP contribution in [0.4, 0.5) is 0 Å². The lowest BCUT2D eigenvalue weighted by molar-refractivity contribution is 0.308. The van der Waals surface area contributed by atoms with Crippen LogP contribution in [0.2, 0.25) is 0 Å². The Morgan fingerprint density at radius 3 is 2.46 bits per heavy atom. The Morgan fingerprint density at radius 1 is 1.15 bits per heavy atom. The lowest BCUT2D eigenvalue weighted by Crippen LogP contribution is -2.34. The quantitative estimate of drug-likeness (QED) is 0.647. The third-order valence-corrected chi connectivity index (χ3v) is 3.14. The van der Waals surface area contributed by atoms with Gasteiger partial charge >= 0.3 is 0 Å². The molecule has 0 amide bonds. The summed E-state index contributed by atoms with van der Waals surface area (Å²) in [6, 6.07) is 1.42. The molecule has 0 aromatic heterocycles. The van der Waals surface area contributed by atoms with E-state index < -0.39 is 0 Å². The van der Waals surface area contributed by atoms with Gasteiger partial charge in [-0.2, -0.15) is 0 Å². The SMILES string of the molecule is CC(C)NC1CCCC(C)(C)CC1. The van der Waals surface area contributed by atoms with Gasteiger partial charge in [-0.15, -0.1) is 0 Å². The van der Waals surface area contributed by atoms with Crippen LogP contribution < -0.4 is 5.32 Å². The van der Waals surface area contributed by atoms with Gasteiger partial charge in [-0.1, -0.05) is 34.1 Å². The Morgan fingerprint density at radius 2 is 1.85 bits per heavy atom. The number of hydrogen-bond donors (Lipinski definition) is 1. The fourth-order valence-electron chi connectivity index (χ4n) is 2.30. The average molecular weight is 183 g/mol. The molecule has 0 aliphatic heterocycles. The number of rotatable bonds is 2. The van der Waals surface area contributed by atoms with Gasteiger partial charge in [0.2, 0.25) is 0 Å². The van der Waals surface area contributed by atoms with Crippen molar-refractivity contribution in [3.05, 3.63) is 0 Å². The van der Waals surface area contributed by atoms with Gasteiger partial charge in [-0.25, -0.2) is 0 Å². The van der Waals surface area contributed by atoms with E-state index in [1.165, 1.54) is 32.1 Å². The molecule has 1 atom stereocenters. The van der Waals surface area contributed by atoms with E-state index in [1.807, 2.05) is 0 Å². The molecule has 1 nitrogen and oxygen atoms in total. The molecule has 1 rings (SSSR count). The van der Waals surface area contributed by atoms with Crippen molar-refractivity contribution in [3.63, 3.8) is 0 Å². The predicted octanol–water partition coefficient (Wildman–Crippen LogP) is 3.34. The monoisotopic (exact) mass is 183 g/mol. The molecule has 0 spiro atoms.